The number of morpholine rings is 1. The summed E-state index contributed by atoms with van der Waals surface area (Å²) in [7, 11) is -3.77. The topological polar surface area (TPSA) is 89.8 Å². The van der Waals surface area contributed by atoms with E-state index in [-0.39, 0.29) is 23.7 Å². The maximum absolute atomic E-state index is 12.7. The minimum absolute atomic E-state index is 0.0191. The zero-order valence-electron chi connectivity index (χ0n) is 12.2. The molecular formula is C13H18N2O5S. The fourth-order valence-corrected chi connectivity index (χ4v) is 4.12. The smallest absolute Gasteiger partial charge is 0.270 e. The Kier molecular flexibility index (Phi) is 4.05. The summed E-state index contributed by atoms with van der Waals surface area (Å²) in [4.78, 5) is 10.2. The minimum Gasteiger partial charge on any atom is -0.373 e. The highest BCUT2D eigenvalue weighted by atomic mass is 32.2. The monoisotopic (exact) mass is 314 g/mol. The molecule has 116 valence electrons. The van der Waals surface area contributed by atoms with Crippen molar-refractivity contribution in [3.05, 3.63) is 33.9 Å². The standard InChI is InChI=1S/C13H18N2O5S/c1-10-4-5-11(15(16)17)8-12(10)21(18,19)14-6-7-20-13(2,3)9-14/h4-5,8H,6-7,9H2,1-3H3. The molecule has 8 heteroatoms. The highest BCUT2D eigenvalue weighted by Gasteiger charge is 2.36. The van der Waals surface area contributed by atoms with Crippen LogP contribution in [0.2, 0.25) is 0 Å². The highest BCUT2D eigenvalue weighted by molar-refractivity contribution is 7.89. The Morgan fingerprint density at radius 2 is 2.05 bits per heavy atom. The predicted octanol–water partition coefficient (Wildman–Crippen LogP) is 1.70. The van der Waals surface area contributed by atoms with Crippen LogP contribution in [0.4, 0.5) is 5.69 Å². The van der Waals surface area contributed by atoms with Gasteiger partial charge < -0.3 is 4.74 Å². The van der Waals surface area contributed by atoms with E-state index < -0.39 is 20.5 Å². The van der Waals surface area contributed by atoms with Crippen LogP contribution in [0.1, 0.15) is 19.4 Å². The van der Waals surface area contributed by atoms with Crippen LogP contribution in [0.25, 0.3) is 0 Å². The molecule has 1 heterocycles. The normalized spacial score (nSPS) is 19.4. The van der Waals surface area contributed by atoms with Crippen LogP contribution in [0.3, 0.4) is 0 Å². The van der Waals surface area contributed by atoms with Crippen molar-refractivity contribution in [2.24, 2.45) is 0 Å². The lowest BCUT2D eigenvalue weighted by Crippen LogP contribution is -2.50. The Balaban J connectivity index is 2.44. The molecule has 0 aromatic heterocycles. The van der Waals surface area contributed by atoms with E-state index in [1.165, 1.54) is 16.4 Å². The predicted molar refractivity (Wildman–Crippen MR) is 76.6 cm³/mol. The van der Waals surface area contributed by atoms with Crippen molar-refractivity contribution in [1.29, 1.82) is 0 Å². The van der Waals surface area contributed by atoms with Gasteiger partial charge in [0.2, 0.25) is 10.0 Å². The van der Waals surface area contributed by atoms with Gasteiger partial charge in [-0.15, -0.1) is 0 Å². The van der Waals surface area contributed by atoms with Crippen LogP contribution in [0.15, 0.2) is 23.1 Å². The van der Waals surface area contributed by atoms with Gasteiger partial charge in [0.25, 0.3) is 5.69 Å². The Hall–Kier alpha value is -1.51. The Labute approximate surface area is 123 Å². The molecule has 0 N–H and O–H groups in total. The highest BCUT2D eigenvalue weighted by Crippen LogP contribution is 2.28. The van der Waals surface area contributed by atoms with E-state index in [0.717, 1.165) is 6.07 Å². The molecule has 21 heavy (non-hydrogen) atoms. The van der Waals surface area contributed by atoms with Crippen molar-refractivity contribution in [1.82, 2.24) is 4.31 Å². The molecule has 0 amide bonds. The van der Waals surface area contributed by atoms with E-state index in [1.54, 1.807) is 6.92 Å². The molecule has 0 spiro atoms. The molecule has 1 saturated heterocycles. The molecule has 1 fully saturated rings. The van der Waals surface area contributed by atoms with Crippen LogP contribution in [-0.4, -0.2) is 42.9 Å². The van der Waals surface area contributed by atoms with Gasteiger partial charge in [-0.3, -0.25) is 10.1 Å². The third kappa shape index (κ3) is 3.22. The Morgan fingerprint density at radius 3 is 2.62 bits per heavy atom. The van der Waals surface area contributed by atoms with Crippen LogP contribution in [-0.2, 0) is 14.8 Å². The molecule has 1 aromatic rings. The lowest BCUT2D eigenvalue weighted by Gasteiger charge is -2.37. The first-order valence-electron chi connectivity index (χ1n) is 6.53. The molecule has 0 saturated carbocycles. The number of ether oxygens (including phenoxy) is 1. The van der Waals surface area contributed by atoms with Gasteiger partial charge in [-0.2, -0.15) is 4.31 Å². The molecule has 0 atom stereocenters. The van der Waals surface area contributed by atoms with Crippen molar-refractivity contribution in [3.8, 4) is 0 Å². The lowest BCUT2D eigenvalue weighted by atomic mass is 10.1. The van der Waals surface area contributed by atoms with Gasteiger partial charge in [-0.1, -0.05) is 6.07 Å². The van der Waals surface area contributed by atoms with Crippen LogP contribution < -0.4 is 0 Å². The number of rotatable bonds is 3. The molecule has 0 aliphatic carbocycles. The molecule has 1 aliphatic rings. The molecule has 0 bridgehead atoms. The van der Waals surface area contributed by atoms with Crippen LogP contribution in [0.5, 0.6) is 0 Å². The minimum atomic E-state index is -3.77. The zero-order valence-corrected chi connectivity index (χ0v) is 13.0. The summed E-state index contributed by atoms with van der Waals surface area (Å²) in [5.74, 6) is 0. The summed E-state index contributed by atoms with van der Waals surface area (Å²) in [6.07, 6.45) is 0. The van der Waals surface area contributed by atoms with Gasteiger partial charge in [0.05, 0.1) is 22.0 Å². The quantitative estimate of drug-likeness (QED) is 0.625. The molecular weight excluding hydrogens is 296 g/mol. The summed E-state index contributed by atoms with van der Waals surface area (Å²) in [5, 5.41) is 10.8. The number of nitrogens with zero attached hydrogens (tertiary/aromatic N) is 2. The largest absolute Gasteiger partial charge is 0.373 e. The second-order valence-corrected chi connectivity index (χ2v) is 7.56. The number of non-ortho nitro benzene ring substituents is 1. The average molecular weight is 314 g/mol. The first-order valence-corrected chi connectivity index (χ1v) is 7.97. The summed E-state index contributed by atoms with van der Waals surface area (Å²) >= 11 is 0. The fraction of sp³-hybridized carbons (Fsp3) is 0.538. The van der Waals surface area contributed by atoms with Gasteiger partial charge in [-0.25, -0.2) is 8.42 Å². The zero-order chi connectivity index (χ0) is 15.8. The second kappa shape index (κ2) is 5.36. The molecule has 0 radical (unpaired) electrons. The number of nitro benzene ring substituents is 1. The van der Waals surface area contributed by atoms with Gasteiger partial charge in [0, 0.05) is 25.2 Å². The van der Waals surface area contributed by atoms with Crippen molar-refractivity contribution in [2.45, 2.75) is 31.3 Å². The number of hydrogen-bond donors (Lipinski definition) is 0. The van der Waals surface area contributed by atoms with Crippen LogP contribution >= 0.6 is 0 Å². The maximum atomic E-state index is 12.7. The second-order valence-electron chi connectivity index (χ2n) is 5.65. The molecule has 2 rings (SSSR count). The van der Waals surface area contributed by atoms with Crippen molar-refractivity contribution >= 4 is 15.7 Å². The summed E-state index contributed by atoms with van der Waals surface area (Å²) in [6, 6.07) is 3.88. The average Bonchev–Trinajstić information content (AvgIpc) is 2.37. The fourth-order valence-electron chi connectivity index (χ4n) is 2.30. The van der Waals surface area contributed by atoms with Gasteiger partial charge in [-0.05, 0) is 26.3 Å². The van der Waals surface area contributed by atoms with Crippen molar-refractivity contribution < 1.29 is 18.1 Å². The molecule has 7 nitrogen and oxygen atoms in total. The number of hydrogen-bond acceptors (Lipinski definition) is 5. The Bertz CT molecular complexity index is 669. The number of benzene rings is 1. The van der Waals surface area contributed by atoms with Gasteiger partial charge in [0.15, 0.2) is 0 Å². The van der Waals surface area contributed by atoms with E-state index in [2.05, 4.69) is 0 Å². The third-order valence-electron chi connectivity index (χ3n) is 3.39. The van der Waals surface area contributed by atoms with E-state index in [9.17, 15) is 18.5 Å². The van der Waals surface area contributed by atoms with Gasteiger partial charge >= 0.3 is 0 Å². The SMILES string of the molecule is Cc1ccc([N+](=O)[O-])cc1S(=O)(=O)N1CCOC(C)(C)C1. The van der Waals surface area contributed by atoms with Crippen LogP contribution in [0, 0.1) is 17.0 Å². The summed E-state index contributed by atoms with van der Waals surface area (Å²) in [5.41, 5.74) is -0.309. The van der Waals surface area contributed by atoms with E-state index >= 15 is 0 Å². The van der Waals surface area contributed by atoms with Gasteiger partial charge in [0.1, 0.15) is 0 Å². The van der Waals surface area contributed by atoms with E-state index in [0.29, 0.717) is 12.2 Å². The van der Waals surface area contributed by atoms with Crippen molar-refractivity contribution in [3.63, 3.8) is 0 Å². The maximum Gasteiger partial charge on any atom is 0.270 e. The number of sulfonamides is 1. The first kappa shape index (κ1) is 15.9. The molecule has 1 aliphatic heterocycles. The number of nitro groups is 1. The number of aryl methyl sites for hydroxylation is 1. The third-order valence-corrected chi connectivity index (χ3v) is 5.38. The van der Waals surface area contributed by atoms with E-state index in [1.807, 2.05) is 13.8 Å². The summed E-state index contributed by atoms with van der Waals surface area (Å²) in [6.45, 7) is 6.03. The van der Waals surface area contributed by atoms with Crippen molar-refractivity contribution in [2.75, 3.05) is 19.7 Å². The molecule has 1 aromatic carbocycles. The first-order chi connectivity index (χ1) is 9.63. The lowest BCUT2D eigenvalue weighted by molar-refractivity contribution is -0.385. The van der Waals surface area contributed by atoms with E-state index in [4.69, 9.17) is 4.74 Å². The molecule has 0 unspecified atom stereocenters. The summed E-state index contributed by atoms with van der Waals surface area (Å²) < 4.78 is 32.3. The Morgan fingerprint density at radius 1 is 1.38 bits per heavy atom.